The molecule has 2 rings (SSSR count). The van der Waals surface area contributed by atoms with Crippen LogP contribution in [0, 0.1) is 5.92 Å². The van der Waals surface area contributed by atoms with Gasteiger partial charge in [0.05, 0.1) is 25.5 Å². The molecule has 0 aliphatic rings. The number of rotatable bonds is 27. The molecule has 0 aliphatic heterocycles. The number of aromatic amines is 1. The van der Waals surface area contributed by atoms with Crippen molar-refractivity contribution >= 4 is 41.4 Å². The minimum absolute atomic E-state index is 0.0154. The lowest BCUT2D eigenvalue weighted by Gasteiger charge is -2.25. The third kappa shape index (κ3) is 17.4. The lowest BCUT2D eigenvalue weighted by Crippen LogP contribution is -2.58. The summed E-state index contributed by atoms with van der Waals surface area (Å²) in [6.45, 7) is 3.38. The molecule has 56 heavy (non-hydrogen) atoms. The molecule has 1 aromatic carbocycles. The van der Waals surface area contributed by atoms with Gasteiger partial charge >= 0.3 is 5.97 Å². The minimum Gasteiger partial charge on any atom is -0.480 e. The number of amides is 6. The number of H-pyrrole nitrogens is 1. The topological polar surface area (TPSA) is 319 Å². The lowest BCUT2D eigenvalue weighted by atomic mass is 9.97. The van der Waals surface area contributed by atoms with Crippen molar-refractivity contribution in [1.29, 1.82) is 0 Å². The summed E-state index contributed by atoms with van der Waals surface area (Å²) >= 11 is 0. The zero-order chi connectivity index (χ0) is 41.5. The van der Waals surface area contributed by atoms with Crippen molar-refractivity contribution in [2.45, 2.75) is 102 Å². The molecule has 2 aromatic rings. The predicted molar refractivity (Wildman–Crippen MR) is 207 cm³/mol. The summed E-state index contributed by atoms with van der Waals surface area (Å²) in [7, 11) is 0. The molecule has 0 unspecified atom stereocenters. The van der Waals surface area contributed by atoms with Gasteiger partial charge in [-0.05, 0) is 56.7 Å². The largest absolute Gasteiger partial charge is 0.480 e. The molecule has 19 heteroatoms. The molecule has 6 amide bonds. The van der Waals surface area contributed by atoms with E-state index in [2.05, 4.69) is 41.9 Å². The molecule has 0 saturated carbocycles. The fourth-order valence-electron chi connectivity index (χ4n) is 5.57. The zero-order valence-electron chi connectivity index (χ0n) is 32.2. The number of nitrogens with one attached hydrogen (secondary N) is 7. The maximum absolute atomic E-state index is 13.8. The first-order valence-corrected chi connectivity index (χ1v) is 18.9. The minimum atomic E-state index is -1.26. The van der Waals surface area contributed by atoms with Crippen LogP contribution in [0.25, 0.3) is 0 Å². The fourth-order valence-corrected chi connectivity index (χ4v) is 5.57. The van der Waals surface area contributed by atoms with Crippen LogP contribution >= 0.6 is 0 Å². The lowest BCUT2D eigenvalue weighted by molar-refractivity contribution is -0.142. The summed E-state index contributed by atoms with van der Waals surface area (Å²) in [5, 5.41) is 24.8. The Bertz CT molecular complexity index is 1540. The van der Waals surface area contributed by atoms with Gasteiger partial charge in [0, 0.05) is 24.7 Å². The molecule has 0 spiro atoms. The number of nitrogens with zero attached hydrogens (tertiary/aromatic N) is 1. The Kier molecular flexibility index (Phi) is 21.4. The van der Waals surface area contributed by atoms with Crippen LogP contribution in [0.1, 0.15) is 70.1 Å². The van der Waals surface area contributed by atoms with E-state index in [9.17, 15) is 38.7 Å². The molecule has 0 radical (unpaired) electrons. The number of imidazole rings is 1. The van der Waals surface area contributed by atoms with E-state index < -0.39 is 84.7 Å². The van der Waals surface area contributed by atoms with E-state index in [1.807, 2.05) is 6.92 Å². The number of carboxylic acid groups (broad SMARTS) is 1. The van der Waals surface area contributed by atoms with Crippen LogP contribution < -0.4 is 49.1 Å². The molecule has 0 saturated heterocycles. The molecule has 1 heterocycles. The summed E-state index contributed by atoms with van der Waals surface area (Å²) in [4.78, 5) is 97.5. The molecule has 19 nitrogen and oxygen atoms in total. The van der Waals surface area contributed by atoms with Gasteiger partial charge in [-0.2, -0.15) is 0 Å². The Morgan fingerprint density at radius 2 is 1.32 bits per heavy atom. The van der Waals surface area contributed by atoms with E-state index in [4.69, 9.17) is 17.2 Å². The maximum atomic E-state index is 13.8. The molecular weight excluding hydrogens is 726 g/mol. The van der Waals surface area contributed by atoms with Gasteiger partial charge in [-0.15, -0.1) is 0 Å². The molecule has 1 aromatic heterocycles. The molecule has 310 valence electrons. The molecule has 0 fully saturated rings. The number of unbranched alkanes of at least 4 members (excludes halogenated alkanes) is 2. The van der Waals surface area contributed by atoms with Gasteiger partial charge in [0.15, 0.2) is 0 Å². The number of benzene rings is 1. The second kappa shape index (κ2) is 25.6. The summed E-state index contributed by atoms with van der Waals surface area (Å²) in [6, 6.07) is 3.34. The average molecular weight is 786 g/mol. The SMILES string of the molecule is CC[C@H](C)[C@H](NC(=O)[C@@H](N)CCCCN)C(=O)NCC(=O)N[C@@H](Cc1ccccc1)C(=O)N[C@@H](Cc1cnc[nH]1)C(=O)NCC(=O)N[C@@H](CCCCN)C(=O)O. The number of carboxylic acids is 1. The molecular formula is C37H59N11O8. The van der Waals surface area contributed by atoms with Crippen molar-refractivity contribution in [3.8, 4) is 0 Å². The van der Waals surface area contributed by atoms with Gasteiger partial charge < -0.3 is 59.2 Å². The van der Waals surface area contributed by atoms with Crippen LogP contribution in [0.3, 0.4) is 0 Å². The summed E-state index contributed by atoms with van der Waals surface area (Å²) in [6.07, 6.45) is 6.30. The van der Waals surface area contributed by atoms with E-state index >= 15 is 0 Å². The first-order chi connectivity index (χ1) is 26.8. The fraction of sp³-hybridized carbons (Fsp3) is 0.568. The maximum Gasteiger partial charge on any atom is 0.326 e. The normalized spacial score (nSPS) is 14.2. The van der Waals surface area contributed by atoms with Crippen molar-refractivity contribution < 1.29 is 38.7 Å². The van der Waals surface area contributed by atoms with E-state index in [1.54, 1.807) is 37.3 Å². The van der Waals surface area contributed by atoms with Gasteiger partial charge in [-0.25, -0.2) is 9.78 Å². The van der Waals surface area contributed by atoms with Crippen molar-refractivity contribution in [2.75, 3.05) is 26.2 Å². The highest BCUT2D eigenvalue weighted by Gasteiger charge is 2.31. The van der Waals surface area contributed by atoms with Crippen molar-refractivity contribution in [1.82, 2.24) is 41.9 Å². The predicted octanol–water partition coefficient (Wildman–Crippen LogP) is -1.92. The third-order valence-electron chi connectivity index (χ3n) is 9.07. The van der Waals surface area contributed by atoms with E-state index in [1.165, 1.54) is 12.5 Å². The van der Waals surface area contributed by atoms with Crippen LogP contribution in [-0.4, -0.2) is 113 Å². The van der Waals surface area contributed by atoms with E-state index in [-0.39, 0.29) is 25.2 Å². The Labute approximate surface area is 326 Å². The number of carbonyl (C=O) groups is 7. The molecule has 0 bridgehead atoms. The molecule has 6 atom stereocenters. The number of hydrogen-bond donors (Lipinski definition) is 11. The standard InChI is InChI=1S/C37H59N11O8/c1-3-23(2)32(48-33(51)26(40)13-7-9-15-38)36(54)43-21-31(50)46-28(17-24-11-5-4-6-12-24)35(53)47-29(18-25-19-41-22-44-25)34(52)42-20-30(49)45-27(37(55)56)14-8-10-16-39/h4-6,11-12,19,22-23,26-29,32H,3,7-10,13-18,20-21,38-40H2,1-2H3,(H,41,44)(H,42,52)(H,43,54)(H,45,49)(H,46,50)(H,47,53)(H,48,51)(H,55,56)/t23-,26-,27-,28-,29-,32-/m0/s1. The van der Waals surface area contributed by atoms with Crippen LogP contribution in [-0.2, 0) is 46.4 Å². The van der Waals surface area contributed by atoms with Gasteiger partial charge in [0.2, 0.25) is 35.4 Å². The summed E-state index contributed by atoms with van der Waals surface area (Å²) < 4.78 is 0. The van der Waals surface area contributed by atoms with Gasteiger partial charge in [0.1, 0.15) is 24.2 Å². The summed E-state index contributed by atoms with van der Waals surface area (Å²) in [5.74, 6) is -5.58. The van der Waals surface area contributed by atoms with Crippen molar-refractivity contribution in [3.63, 3.8) is 0 Å². The highest BCUT2D eigenvalue weighted by atomic mass is 16.4. The number of carbonyl (C=O) groups excluding carboxylic acids is 6. The Morgan fingerprint density at radius 1 is 0.732 bits per heavy atom. The second-order valence-corrected chi connectivity index (χ2v) is 13.6. The van der Waals surface area contributed by atoms with Gasteiger partial charge in [-0.3, -0.25) is 28.8 Å². The number of aliphatic carboxylic acids is 1. The smallest absolute Gasteiger partial charge is 0.326 e. The Morgan fingerprint density at radius 3 is 1.89 bits per heavy atom. The number of nitrogens with two attached hydrogens (primary N) is 3. The van der Waals surface area contributed by atoms with E-state index in [0.717, 1.165) is 0 Å². The Balaban J connectivity index is 2.16. The highest BCUT2D eigenvalue weighted by Crippen LogP contribution is 2.10. The second-order valence-electron chi connectivity index (χ2n) is 13.6. The van der Waals surface area contributed by atoms with E-state index in [0.29, 0.717) is 62.9 Å². The first kappa shape index (κ1) is 46.8. The zero-order valence-corrected chi connectivity index (χ0v) is 32.2. The van der Waals surface area contributed by atoms with Crippen LogP contribution in [0.15, 0.2) is 42.9 Å². The van der Waals surface area contributed by atoms with Crippen LogP contribution in [0.5, 0.6) is 0 Å². The quantitative estimate of drug-likeness (QED) is 0.0442. The van der Waals surface area contributed by atoms with Crippen molar-refractivity contribution in [3.05, 3.63) is 54.1 Å². The monoisotopic (exact) mass is 785 g/mol. The van der Waals surface area contributed by atoms with Crippen molar-refractivity contribution in [2.24, 2.45) is 23.1 Å². The molecule has 0 aliphatic carbocycles. The average Bonchev–Trinajstić information content (AvgIpc) is 3.70. The first-order valence-electron chi connectivity index (χ1n) is 18.9. The highest BCUT2D eigenvalue weighted by molar-refractivity contribution is 5.95. The Hall–Kier alpha value is -5.40. The third-order valence-corrected chi connectivity index (χ3v) is 9.07. The number of hydrogen-bond acceptors (Lipinski definition) is 11. The van der Waals surface area contributed by atoms with Crippen LogP contribution in [0.4, 0.5) is 0 Å². The summed E-state index contributed by atoms with van der Waals surface area (Å²) in [5.41, 5.74) is 18.2. The van der Waals surface area contributed by atoms with Gasteiger partial charge in [0.25, 0.3) is 0 Å². The van der Waals surface area contributed by atoms with Crippen LogP contribution in [0.2, 0.25) is 0 Å². The van der Waals surface area contributed by atoms with Gasteiger partial charge in [-0.1, -0.05) is 57.0 Å². The molecule has 14 N–H and O–H groups in total. The number of aromatic nitrogens is 2.